The van der Waals surface area contributed by atoms with Gasteiger partial charge in [0, 0.05) is 18.6 Å². The fourth-order valence-electron chi connectivity index (χ4n) is 2.98. The maximum atomic E-state index is 8.49. The first-order chi connectivity index (χ1) is 10.0. The Bertz CT molecular complexity index is 741. The van der Waals surface area contributed by atoms with Gasteiger partial charge in [-0.25, -0.2) is 23.2 Å². The molecule has 6 heteroatoms. The molecule has 0 saturated heterocycles. The van der Waals surface area contributed by atoms with Crippen LogP contribution in [0.4, 0.5) is 5.69 Å². The maximum Gasteiger partial charge on any atom is 0.209 e. The third-order valence-electron chi connectivity index (χ3n) is 4.30. The molecule has 22 heavy (non-hydrogen) atoms. The first kappa shape index (κ1) is 16.9. The van der Waals surface area contributed by atoms with Gasteiger partial charge < -0.3 is 0 Å². The van der Waals surface area contributed by atoms with E-state index in [4.69, 9.17) is 18.6 Å². The second kappa shape index (κ2) is 5.61. The maximum absolute atomic E-state index is 8.49. The number of benzene rings is 2. The summed E-state index contributed by atoms with van der Waals surface area (Å²) in [6, 6.07) is 13.1. The predicted molar refractivity (Wildman–Crippen MR) is 73.5 cm³/mol. The van der Waals surface area contributed by atoms with E-state index in [-0.39, 0.29) is 5.41 Å². The molecule has 3 rings (SSSR count). The minimum atomic E-state index is -4.94. The van der Waals surface area contributed by atoms with E-state index in [1.165, 1.54) is 27.7 Å². The van der Waals surface area contributed by atoms with Gasteiger partial charge in [0.05, 0.1) is 5.41 Å². The number of nitrogens with zero attached hydrogens (tertiary/aromatic N) is 1. The summed E-state index contributed by atoms with van der Waals surface area (Å²) in [6.07, 6.45) is 0. The van der Waals surface area contributed by atoms with Gasteiger partial charge in [0.2, 0.25) is 5.69 Å². The molecule has 0 atom stereocenters. The third kappa shape index (κ3) is 3.14. The Morgan fingerprint density at radius 1 is 0.955 bits per heavy atom. The molecule has 0 aromatic heterocycles. The minimum absolute atomic E-state index is 0.130. The highest BCUT2D eigenvalue weighted by Crippen LogP contribution is 2.42. The van der Waals surface area contributed by atoms with E-state index < -0.39 is 10.2 Å². The molecular weight excluding hydrogens is 306 g/mol. The summed E-state index contributed by atoms with van der Waals surface area (Å²) >= 11 is 0. The highest BCUT2D eigenvalue weighted by molar-refractivity contribution is 6.01. The molecule has 0 amide bonds. The van der Waals surface area contributed by atoms with Crippen LogP contribution in [0.15, 0.2) is 36.4 Å². The summed E-state index contributed by atoms with van der Waals surface area (Å²) in [7, 11) is -2.78. The summed E-state index contributed by atoms with van der Waals surface area (Å²) in [5.41, 5.74) is 4.37. The lowest BCUT2D eigenvalue weighted by Crippen LogP contribution is -2.68. The van der Waals surface area contributed by atoms with Gasteiger partial charge in [-0.15, -0.1) is 10.2 Å². The van der Waals surface area contributed by atoms with Gasteiger partial charge in [-0.3, -0.25) is 0 Å². The lowest BCUT2D eigenvalue weighted by Gasteiger charge is -2.17. The molecule has 118 valence electrons. The fraction of sp³-hybridized carbons (Fsp3) is 0.312. The molecule has 0 aliphatic carbocycles. The number of fused-ring (bicyclic) bond motifs is 3. The van der Waals surface area contributed by atoms with Crippen molar-refractivity contribution in [2.24, 2.45) is 0 Å². The lowest BCUT2D eigenvalue weighted by atomic mass is 9.80. The van der Waals surface area contributed by atoms with E-state index in [1.54, 1.807) is 0 Å². The van der Waals surface area contributed by atoms with Crippen molar-refractivity contribution in [1.82, 2.24) is 0 Å². The second-order valence-electron chi connectivity index (χ2n) is 5.83. The molecule has 1 aliphatic heterocycles. The zero-order valence-corrected chi connectivity index (χ0v) is 13.7. The number of hydrogen-bond acceptors (Lipinski definition) is 4. The highest BCUT2D eigenvalue weighted by Gasteiger charge is 2.42. The van der Waals surface area contributed by atoms with Crippen molar-refractivity contribution in [3.63, 3.8) is 0 Å². The topological polar surface area (TPSA) is 95.2 Å². The Labute approximate surface area is 131 Å². The van der Waals surface area contributed by atoms with Crippen LogP contribution in [0.1, 0.15) is 26.3 Å². The van der Waals surface area contributed by atoms with Crippen LogP contribution in [-0.4, -0.2) is 17.3 Å². The van der Waals surface area contributed by atoms with Crippen LogP contribution in [0.25, 0.3) is 10.8 Å². The Kier molecular flexibility index (Phi) is 4.30. The van der Waals surface area contributed by atoms with E-state index in [0.29, 0.717) is 0 Å². The van der Waals surface area contributed by atoms with Gasteiger partial charge in [-0.2, -0.15) is 0 Å². The van der Waals surface area contributed by atoms with Crippen LogP contribution < -0.4 is 18.6 Å². The van der Waals surface area contributed by atoms with Crippen LogP contribution in [0.3, 0.4) is 0 Å². The number of hydrogen-bond donors (Lipinski definition) is 0. The molecule has 2 aromatic carbocycles. The normalized spacial score (nSPS) is 16.4. The molecule has 1 heterocycles. The van der Waals surface area contributed by atoms with Crippen molar-refractivity contribution >= 4 is 22.2 Å². The molecule has 0 radical (unpaired) electrons. The summed E-state index contributed by atoms with van der Waals surface area (Å²) in [6.45, 7) is 6.86. The monoisotopic (exact) mass is 323 g/mol. The summed E-state index contributed by atoms with van der Waals surface area (Å²) in [5, 5.41) is 2.72. The molecule has 0 spiro atoms. The third-order valence-corrected chi connectivity index (χ3v) is 4.30. The zero-order valence-electron chi connectivity index (χ0n) is 12.9. The van der Waals surface area contributed by atoms with Gasteiger partial charge in [0.25, 0.3) is 0 Å². The van der Waals surface area contributed by atoms with Crippen LogP contribution in [-0.2, 0) is 5.41 Å². The van der Waals surface area contributed by atoms with Crippen LogP contribution in [0, 0.1) is 10.2 Å². The lowest BCUT2D eigenvalue weighted by molar-refractivity contribution is -2.00. The van der Waals surface area contributed by atoms with E-state index in [2.05, 4.69) is 68.8 Å². The quantitative estimate of drug-likeness (QED) is 0.588. The Hall–Kier alpha value is -1.50. The van der Waals surface area contributed by atoms with Gasteiger partial charge in [-0.05, 0) is 30.7 Å². The van der Waals surface area contributed by atoms with Crippen molar-refractivity contribution in [1.29, 1.82) is 0 Å². The highest BCUT2D eigenvalue weighted by atomic mass is 35.7. The van der Waals surface area contributed by atoms with Gasteiger partial charge in [-0.1, -0.05) is 24.3 Å². The standard InChI is InChI=1S/C16H18N.ClHO4/c1-11-16(2,3)15-13-8-6-5-7-12(13)9-10-14(15)17(11)4;2-1(3,4)5/h5-10H,1-4H3;(H,2,3,4,5)/q+1;/p-1. The predicted octanol–water partition coefficient (Wildman–Crippen LogP) is -0.890. The van der Waals surface area contributed by atoms with Crippen LogP contribution in [0.5, 0.6) is 0 Å². The summed E-state index contributed by atoms with van der Waals surface area (Å²) in [5.74, 6) is 0. The first-order valence-electron chi connectivity index (χ1n) is 6.75. The number of rotatable bonds is 0. The molecule has 2 aromatic rings. The van der Waals surface area contributed by atoms with Crippen molar-refractivity contribution < 1.29 is 33.5 Å². The Balaban J connectivity index is 0.000000309. The molecule has 1 aliphatic rings. The molecule has 0 fully saturated rings. The SMILES string of the molecule is CC1=[N+](C)c2ccc3ccccc3c2C1(C)C.[O-][Cl+3]([O-])([O-])[O-]. The zero-order chi connectivity index (χ0) is 16.7. The average Bonchev–Trinajstić information content (AvgIpc) is 2.58. The molecule has 0 unspecified atom stereocenters. The van der Waals surface area contributed by atoms with E-state index >= 15 is 0 Å². The van der Waals surface area contributed by atoms with Crippen LogP contribution >= 0.6 is 0 Å². The minimum Gasteiger partial charge on any atom is -0.222 e. The Morgan fingerprint density at radius 3 is 2.09 bits per heavy atom. The van der Waals surface area contributed by atoms with Gasteiger partial charge >= 0.3 is 0 Å². The van der Waals surface area contributed by atoms with Crippen molar-refractivity contribution in [2.45, 2.75) is 26.2 Å². The fourth-order valence-corrected chi connectivity index (χ4v) is 2.98. The first-order valence-corrected chi connectivity index (χ1v) is 7.98. The molecule has 0 N–H and O–H groups in total. The van der Waals surface area contributed by atoms with Crippen molar-refractivity contribution in [3.05, 3.63) is 42.0 Å². The second-order valence-corrected chi connectivity index (χ2v) is 6.58. The largest absolute Gasteiger partial charge is 0.222 e. The average molecular weight is 324 g/mol. The number of halogens is 1. The summed E-state index contributed by atoms with van der Waals surface area (Å²) < 4.78 is 36.3. The Morgan fingerprint density at radius 2 is 1.50 bits per heavy atom. The smallest absolute Gasteiger partial charge is 0.209 e. The summed E-state index contributed by atoms with van der Waals surface area (Å²) in [4.78, 5) is 0. The molecule has 5 nitrogen and oxygen atoms in total. The molecule has 0 saturated carbocycles. The molecular formula is C16H18ClNO4. The van der Waals surface area contributed by atoms with Crippen molar-refractivity contribution in [3.8, 4) is 0 Å². The van der Waals surface area contributed by atoms with E-state index in [0.717, 1.165) is 0 Å². The van der Waals surface area contributed by atoms with Crippen molar-refractivity contribution in [2.75, 3.05) is 7.05 Å². The van der Waals surface area contributed by atoms with E-state index in [9.17, 15) is 0 Å². The molecule has 0 bridgehead atoms. The van der Waals surface area contributed by atoms with Crippen LogP contribution in [0.2, 0.25) is 0 Å². The van der Waals surface area contributed by atoms with Gasteiger partial charge in [0.1, 0.15) is 7.05 Å². The van der Waals surface area contributed by atoms with Gasteiger partial charge in [0.15, 0.2) is 5.71 Å². The van der Waals surface area contributed by atoms with E-state index in [1.807, 2.05) is 0 Å².